The van der Waals surface area contributed by atoms with E-state index in [9.17, 15) is 0 Å². The van der Waals surface area contributed by atoms with Gasteiger partial charge in [-0.2, -0.15) is 0 Å². The number of rotatable bonds is 1. The van der Waals surface area contributed by atoms with Crippen molar-refractivity contribution in [2.75, 3.05) is 19.1 Å². The molecule has 3 nitrogen and oxygen atoms in total. The van der Waals surface area contributed by atoms with Gasteiger partial charge in [-0.1, -0.05) is 15.9 Å². The number of methoxy groups -OCH3 is 1. The first kappa shape index (κ1) is 15.0. The van der Waals surface area contributed by atoms with E-state index in [2.05, 4.69) is 59.1 Å². The predicted molar refractivity (Wildman–Crippen MR) is 98.4 cm³/mol. The summed E-state index contributed by atoms with van der Waals surface area (Å²) >= 11 is 5.24. The van der Waals surface area contributed by atoms with E-state index < -0.39 is 5.06 Å². The Morgan fingerprint density at radius 3 is 2.83 bits per heavy atom. The van der Waals surface area contributed by atoms with Gasteiger partial charge in [0.25, 0.3) is 5.06 Å². The summed E-state index contributed by atoms with van der Waals surface area (Å²) in [5.74, 6) is 1.77. The molecule has 0 saturated heterocycles. The summed E-state index contributed by atoms with van der Waals surface area (Å²) in [5, 5.41) is -0.532. The number of hydrogen-bond donors (Lipinski definition) is 0. The lowest BCUT2D eigenvalue weighted by atomic mass is 10.1. The van der Waals surface area contributed by atoms with E-state index in [0.717, 1.165) is 27.2 Å². The van der Waals surface area contributed by atoms with Crippen molar-refractivity contribution in [1.29, 1.82) is 0 Å². The van der Waals surface area contributed by atoms with E-state index in [1.54, 1.807) is 18.9 Å². The molecule has 2 aliphatic rings. The third-order valence-corrected chi connectivity index (χ3v) is 6.30. The van der Waals surface area contributed by atoms with E-state index >= 15 is 0 Å². The van der Waals surface area contributed by atoms with Crippen LogP contribution in [0.1, 0.15) is 12.5 Å². The smallest absolute Gasteiger partial charge is 0.258 e. The lowest BCUT2D eigenvalue weighted by Crippen LogP contribution is -2.48. The van der Waals surface area contributed by atoms with Gasteiger partial charge in [0.1, 0.15) is 11.5 Å². The molecular weight excluding hydrogens is 374 g/mol. The zero-order valence-electron chi connectivity index (χ0n) is 13.1. The Morgan fingerprint density at radius 2 is 2.04 bits per heavy atom. The summed E-state index contributed by atoms with van der Waals surface area (Å²) in [6.45, 7) is 2.12. The molecule has 2 aromatic carbocycles. The Balaban J connectivity index is 1.80. The van der Waals surface area contributed by atoms with Crippen LogP contribution in [0.3, 0.4) is 0 Å². The summed E-state index contributed by atoms with van der Waals surface area (Å²) in [7, 11) is 3.77. The lowest BCUT2D eigenvalue weighted by Gasteiger charge is -2.40. The van der Waals surface area contributed by atoms with Crippen LogP contribution >= 0.6 is 27.7 Å². The van der Waals surface area contributed by atoms with Gasteiger partial charge in [0.15, 0.2) is 0 Å². The zero-order chi connectivity index (χ0) is 16.2. The largest absolute Gasteiger partial charge is 0.497 e. The van der Waals surface area contributed by atoms with Crippen molar-refractivity contribution in [3.63, 3.8) is 0 Å². The van der Waals surface area contributed by atoms with Gasteiger partial charge in [-0.25, -0.2) is 0 Å². The minimum absolute atomic E-state index is 0.532. The molecule has 2 aromatic rings. The highest BCUT2D eigenvalue weighted by Crippen LogP contribution is 2.56. The maximum atomic E-state index is 6.47. The van der Waals surface area contributed by atoms with Crippen molar-refractivity contribution in [2.24, 2.45) is 0 Å². The van der Waals surface area contributed by atoms with Crippen molar-refractivity contribution >= 4 is 39.5 Å². The fraction of sp³-hybridized carbons (Fsp3) is 0.222. The third kappa shape index (κ3) is 2.17. The molecule has 0 radical (unpaired) electrons. The first-order valence-corrected chi connectivity index (χ1v) is 8.93. The van der Waals surface area contributed by atoms with Crippen molar-refractivity contribution in [3.8, 4) is 11.5 Å². The molecule has 1 atom stereocenters. The Labute approximate surface area is 148 Å². The van der Waals surface area contributed by atoms with Gasteiger partial charge in [-0.15, -0.1) is 0 Å². The summed E-state index contributed by atoms with van der Waals surface area (Å²) in [6, 6.07) is 12.3. The standard InChI is InChI=1S/C18H16BrNO2S/c1-11-8-12-9-13(19)4-7-16(12)22-18(11)20(2)15-6-5-14(21-3)10-17(15)23-18/h4-10H,1-3H3. The zero-order valence-corrected chi connectivity index (χ0v) is 15.5. The highest BCUT2D eigenvalue weighted by Gasteiger charge is 2.48. The maximum Gasteiger partial charge on any atom is 0.258 e. The molecule has 4 rings (SSSR count). The molecule has 0 aromatic heterocycles. The van der Waals surface area contributed by atoms with E-state index in [4.69, 9.17) is 9.47 Å². The molecule has 1 unspecified atom stereocenters. The Morgan fingerprint density at radius 1 is 1.22 bits per heavy atom. The van der Waals surface area contributed by atoms with Crippen LogP contribution in [0.4, 0.5) is 5.69 Å². The molecule has 2 aliphatic heterocycles. The molecule has 23 heavy (non-hydrogen) atoms. The highest BCUT2D eigenvalue weighted by atomic mass is 79.9. The second-order valence-corrected chi connectivity index (χ2v) is 7.80. The van der Waals surface area contributed by atoms with Gasteiger partial charge in [0, 0.05) is 27.6 Å². The van der Waals surface area contributed by atoms with Crippen LogP contribution in [-0.2, 0) is 0 Å². The first-order valence-electron chi connectivity index (χ1n) is 7.32. The third-order valence-electron chi connectivity index (χ3n) is 4.31. The van der Waals surface area contributed by atoms with E-state index in [-0.39, 0.29) is 0 Å². The quantitative estimate of drug-likeness (QED) is 0.672. The molecule has 0 N–H and O–H groups in total. The molecular formula is C18H16BrNO2S. The van der Waals surface area contributed by atoms with Crippen LogP contribution < -0.4 is 14.4 Å². The van der Waals surface area contributed by atoms with Crippen molar-refractivity contribution in [3.05, 3.63) is 52.0 Å². The topological polar surface area (TPSA) is 21.7 Å². The first-order chi connectivity index (χ1) is 11.0. The Bertz CT molecular complexity index is 836. The van der Waals surface area contributed by atoms with Gasteiger partial charge < -0.3 is 14.4 Å². The van der Waals surface area contributed by atoms with Crippen molar-refractivity contribution in [2.45, 2.75) is 16.9 Å². The van der Waals surface area contributed by atoms with Crippen LogP contribution in [0.2, 0.25) is 0 Å². The summed E-state index contributed by atoms with van der Waals surface area (Å²) in [5.41, 5.74) is 3.43. The number of nitrogens with zero attached hydrogens (tertiary/aromatic N) is 1. The van der Waals surface area contributed by atoms with E-state index in [1.165, 1.54) is 10.5 Å². The lowest BCUT2D eigenvalue weighted by molar-refractivity contribution is 0.202. The van der Waals surface area contributed by atoms with Gasteiger partial charge in [0.05, 0.1) is 12.8 Å². The minimum atomic E-state index is -0.532. The van der Waals surface area contributed by atoms with Gasteiger partial charge in [-0.3, -0.25) is 0 Å². The molecule has 0 aliphatic carbocycles. The molecule has 118 valence electrons. The molecule has 0 bridgehead atoms. The van der Waals surface area contributed by atoms with Gasteiger partial charge in [-0.05, 0) is 61.2 Å². The number of anilines is 1. The molecule has 2 heterocycles. The SMILES string of the molecule is COc1ccc2c(c1)SC1(Oc3ccc(Br)cc3C=C1C)N2C. The normalized spacial score (nSPS) is 21.6. The van der Waals surface area contributed by atoms with Crippen LogP contribution in [0.5, 0.6) is 11.5 Å². The van der Waals surface area contributed by atoms with E-state index in [0.29, 0.717) is 0 Å². The van der Waals surface area contributed by atoms with Crippen molar-refractivity contribution < 1.29 is 9.47 Å². The van der Waals surface area contributed by atoms with Gasteiger partial charge in [0.2, 0.25) is 0 Å². The van der Waals surface area contributed by atoms with E-state index in [1.807, 2.05) is 18.2 Å². The summed E-state index contributed by atoms with van der Waals surface area (Å²) < 4.78 is 12.9. The number of ether oxygens (including phenoxy) is 2. The fourth-order valence-electron chi connectivity index (χ4n) is 3.07. The fourth-order valence-corrected chi connectivity index (χ4v) is 4.82. The summed E-state index contributed by atoms with van der Waals surface area (Å²) in [6.07, 6.45) is 2.20. The number of thioether (sulfide) groups is 1. The Hall–Kier alpha value is -1.59. The monoisotopic (exact) mass is 389 g/mol. The highest BCUT2D eigenvalue weighted by molar-refractivity contribution is 9.10. The molecule has 0 amide bonds. The number of likely N-dealkylation sites (N-methyl/N-ethyl adjacent to an activating group) is 1. The van der Waals surface area contributed by atoms with Crippen LogP contribution in [-0.4, -0.2) is 19.2 Å². The molecule has 5 heteroatoms. The second-order valence-electron chi connectivity index (χ2n) is 5.69. The average Bonchev–Trinajstić information content (AvgIpc) is 2.81. The van der Waals surface area contributed by atoms with Crippen LogP contribution in [0.15, 0.2) is 51.3 Å². The second kappa shape index (κ2) is 5.21. The summed E-state index contributed by atoms with van der Waals surface area (Å²) in [4.78, 5) is 3.36. The predicted octanol–water partition coefficient (Wildman–Crippen LogP) is 5.15. The maximum absolute atomic E-state index is 6.47. The Kier molecular flexibility index (Phi) is 3.39. The van der Waals surface area contributed by atoms with Gasteiger partial charge >= 0.3 is 0 Å². The average molecular weight is 390 g/mol. The molecule has 0 fully saturated rings. The minimum Gasteiger partial charge on any atom is -0.497 e. The molecule has 0 saturated carbocycles. The van der Waals surface area contributed by atoms with Crippen LogP contribution in [0, 0.1) is 0 Å². The van der Waals surface area contributed by atoms with Crippen LogP contribution in [0.25, 0.3) is 6.08 Å². The van der Waals surface area contributed by atoms with Crippen molar-refractivity contribution in [1.82, 2.24) is 0 Å². The number of hydrogen-bond acceptors (Lipinski definition) is 4. The number of fused-ring (bicyclic) bond motifs is 2. The molecule has 1 spiro atoms. The number of benzene rings is 2. The number of halogens is 1.